The number of nitrogens with one attached hydrogen (secondary N) is 1. The molecule has 0 radical (unpaired) electrons. The molecule has 2 heterocycles. The van der Waals surface area contributed by atoms with Gasteiger partial charge in [-0.25, -0.2) is 0 Å². The highest BCUT2D eigenvalue weighted by Gasteiger charge is 2.54. The van der Waals surface area contributed by atoms with Crippen LogP contribution >= 0.6 is 11.3 Å². The Kier molecular flexibility index (Phi) is 3.53. The van der Waals surface area contributed by atoms with Gasteiger partial charge in [-0.3, -0.25) is 4.79 Å². The summed E-state index contributed by atoms with van der Waals surface area (Å²) in [5, 5.41) is 9.26. The number of hydrogen-bond acceptors (Lipinski definition) is 4. The van der Waals surface area contributed by atoms with Crippen molar-refractivity contribution in [3.05, 3.63) is 58.6 Å². The number of thiophene rings is 1. The minimum Gasteiger partial charge on any atom is -0.355 e. The number of aryl methyl sites for hydroxylation is 2. The van der Waals surface area contributed by atoms with Gasteiger partial charge in [0.2, 0.25) is 5.91 Å². The molecular formula is C19H18N2O2S. The maximum absolute atomic E-state index is 12.9. The number of anilines is 1. The topological polar surface area (TPSA) is 55.1 Å². The number of carbonyl (C=O) groups is 1. The molecule has 1 fully saturated rings. The Labute approximate surface area is 144 Å². The van der Waals surface area contributed by atoms with Crippen LogP contribution in [-0.4, -0.2) is 11.1 Å². The molecule has 1 amide bonds. The highest BCUT2D eigenvalue weighted by Crippen LogP contribution is 2.49. The molecule has 1 saturated carbocycles. The van der Waals surface area contributed by atoms with Crippen molar-refractivity contribution in [1.29, 1.82) is 0 Å². The normalized spacial score (nSPS) is 15.2. The summed E-state index contributed by atoms with van der Waals surface area (Å²) in [6.07, 6.45) is 1.61. The van der Waals surface area contributed by atoms with Gasteiger partial charge in [-0.05, 0) is 55.3 Å². The fourth-order valence-corrected chi connectivity index (χ4v) is 3.55. The van der Waals surface area contributed by atoms with Crippen LogP contribution in [0.1, 0.15) is 29.7 Å². The summed E-state index contributed by atoms with van der Waals surface area (Å²) >= 11 is 1.60. The van der Waals surface area contributed by atoms with E-state index in [1.807, 2.05) is 55.6 Å². The SMILES string of the molecule is Cc1ccc(C)c(NC(=O)C2(c3cc(-c4cccs4)on3)CC2)c1. The smallest absolute Gasteiger partial charge is 0.236 e. The Morgan fingerprint density at radius 3 is 2.79 bits per heavy atom. The van der Waals surface area contributed by atoms with E-state index < -0.39 is 5.41 Å². The van der Waals surface area contributed by atoms with Crippen LogP contribution in [0.2, 0.25) is 0 Å². The Morgan fingerprint density at radius 2 is 2.08 bits per heavy atom. The molecule has 24 heavy (non-hydrogen) atoms. The number of hydrogen-bond donors (Lipinski definition) is 1. The highest BCUT2D eigenvalue weighted by atomic mass is 32.1. The predicted octanol–water partition coefficient (Wildman–Crippen LogP) is 4.69. The molecule has 122 valence electrons. The third kappa shape index (κ3) is 2.55. The maximum atomic E-state index is 12.9. The Bertz CT molecular complexity index is 892. The molecule has 5 heteroatoms. The summed E-state index contributed by atoms with van der Waals surface area (Å²) < 4.78 is 5.46. The van der Waals surface area contributed by atoms with Crippen LogP contribution < -0.4 is 5.32 Å². The minimum atomic E-state index is -0.546. The molecular weight excluding hydrogens is 320 g/mol. The van der Waals surface area contributed by atoms with Gasteiger partial charge in [0.25, 0.3) is 0 Å². The van der Waals surface area contributed by atoms with Gasteiger partial charge in [-0.2, -0.15) is 0 Å². The van der Waals surface area contributed by atoms with E-state index in [9.17, 15) is 4.79 Å². The number of carbonyl (C=O) groups excluding carboxylic acids is 1. The van der Waals surface area contributed by atoms with E-state index in [0.717, 1.165) is 46.0 Å². The van der Waals surface area contributed by atoms with Crippen LogP contribution in [-0.2, 0) is 10.2 Å². The number of aromatic nitrogens is 1. The Hall–Kier alpha value is -2.40. The third-order valence-corrected chi connectivity index (χ3v) is 5.47. The van der Waals surface area contributed by atoms with Crippen LogP contribution in [0.4, 0.5) is 5.69 Å². The number of nitrogens with zero attached hydrogens (tertiary/aromatic N) is 1. The van der Waals surface area contributed by atoms with Crippen molar-refractivity contribution in [3.8, 4) is 10.6 Å². The molecule has 2 aromatic heterocycles. The molecule has 1 aliphatic carbocycles. The quantitative estimate of drug-likeness (QED) is 0.751. The molecule has 0 bridgehead atoms. The van der Waals surface area contributed by atoms with Crippen LogP contribution in [0, 0.1) is 13.8 Å². The first-order chi connectivity index (χ1) is 11.6. The zero-order chi connectivity index (χ0) is 16.7. The van der Waals surface area contributed by atoms with E-state index in [4.69, 9.17) is 4.52 Å². The largest absolute Gasteiger partial charge is 0.355 e. The molecule has 0 spiro atoms. The van der Waals surface area contributed by atoms with Gasteiger partial charge in [-0.15, -0.1) is 11.3 Å². The van der Waals surface area contributed by atoms with Crippen molar-refractivity contribution >= 4 is 22.9 Å². The lowest BCUT2D eigenvalue weighted by molar-refractivity contribution is -0.118. The lowest BCUT2D eigenvalue weighted by Crippen LogP contribution is -2.28. The highest BCUT2D eigenvalue weighted by molar-refractivity contribution is 7.13. The standard InChI is InChI=1S/C19H18N2O2S/c1-12-5-6-13(2)14(10-12)20-18(22)19(7-8-19)17-11-15(23-21-17)16-4-3-9-24-16/h3-6,9-11H,7-8H2,1-2H3,(H,20,22). The summed E-state index contributed by atoms with van der Waals surface area (Å²) in [5.74, 6) is 0.730. The van der Waals surface area contributed by atoms with Crippen molar-refractivity contribution in [2.45, 2.75) is 32.1 Å². The maximum Gasteiger partial charge on any atom is 0.236 e. The summed E-state index contributed by atoms with van der Waals surface area (Å²) in [6.45, 7) is 4.02. The van der Waals surface area contributed by atoms with Crippen molar-refractivity contribution in [2.24, 2.45) is 0 Å². The van der Waals surface area contributed by atoms with Crippen LogP contribution in [0.3, 0.4) is 0 Å². The number of benzene rings is 1. The minimum absolute atomic E-state index is 0.00206. The number of rotatable bonds is 4. The second-order valence-corrected chi connectivity index (χ2v) is 7.36. The van der Waals surface area contributed by atoms with Gasteiger partial charge in [-0.1, -0.05) is 23.4 Å². The average Bonchev–Trinajstić information content (AvgIpc) is 3.00. The summed E-state index contributed by atoms with van der Waals surface area (Å²) in [6, 6.07) is 11.9. The van der Waals surface area contributed by atoms with Gasteiger partial charge in [0.15, 0.2) is 5.76 Å². The summed E-state index contributed by atoms with van der Waals surface area (Å²) in [4.78, 5) is 13.9. The van der Waals surface area contributed by atoms with Gasteiger partial charge >= 0.3 is 0 Å². The second-order valence-electron chi connectivity index (χ2n) is 6.41. The summed E-state index contributed by atoms with van der Waals surface area (Å²) in [5.41, 5.74) is 3.24. The van der Waals surface area contributed by atoms with Gasteiger partial charge in [0, 0.05) is 11.8 Å². The van der Waals surface area contributed by atoms with Gasteiger partial charge in [0.05, 0.1) is 16.0 Å². The molecule has 1 aromatic carbocycles. The van der Waals surface area contributed by atoms with E-state index in [1.165, 1.54) is 0 Å². The molecule has 0 unspecified atom stereocenters. The predicted molar refractivity (Wildman–Crippen MR) is 95.3 cm³/mol. The first-order valence-electron chi connectivity index (χ1n) is 7.98. The summed E-state index contributed by atoms with van der Waals surface area (Å²) in [7, 11) is 0. The first kappa shape index (κ1) is 15.1. The fourth-order valence-electron chi connectivity index (χ4n) is 2.87. The van der Waals surface area contributed by atoms with E-state index in [1.54, 1.807) is 11.3 Å². The monoisotopic (exact) mass is 338 g/mol. The molecule has 4 rings (SSSR count). The molecule has 0 atom stereocenters. The molecule has 3 aromatic rings. The van der Waals surface area contributed by atoms with E-state index >= 15 is 0 Å². The molecule has 0 aliphatic heterocycles. The average molecular weight is 338 g/mol. The van der Waals surface area contributed by atoms with Crippen molar-refractivity contribution in [1.82, 2.24) is 5.16 Å². The Morgan fingerprint density at radius 1 is 1.25 bits per heavy atom. The first-order valence-corrected chi connectivity index (χ1v) is 8.86. The van der Waals surface area contributed by atoms with Crippen molar-refractivity contribution < 1.29 is 9.32 Å². The molecule has 0 saturated heterocycles. The van der Waals surface area contributed by atoms with E-state index in [2.05, 4.69) is 10.5 Å². The van der Waals surface area contributed by atoms with Gasteiger partial charge in [0.1, 0.15) is 0 Å². The van der Waals surface area contributed by atoms with E-state index in [-0.39, 0.29) is 5.91 Å². The Balaban J connectivity index is 1.59. The molecule has 4 nitrogen and oxygen atoms in total. The van der Waals surface area contributed by atoms with Crippen LogP contribution in [0.25, 0.3) is 10.6 Å². The molecule has 1 N–H and O–H groups in total. The fraction of sp³-hybridized carbons (Fsp3) is 0.263. The van der Waals surface area contributed by atoms with E-state index in [0.29, 0.717) is 0 Å². The van der Waals surface area contributed by atoms with Crippen molar-refractivity contribution in [3.63, 3.8) is 0 Å². The lowest BCUT2D eigenvalue weighted by atomic mass is 10.0. The van der Waals surface area contributed by atoms with Gasteiger partial charge < -0.3 is 9.84 Å². The lowest BCUT2D eigenvalue weighted by Gasteiger charge is -2.14. The third-order valence-electron chi connectivity index (χ3n) is 4.59. The zero-order valence-corrected chi connectivity index (χ0v) is 14.4. The van der Waals surface area contributed by atoms with Crippen LogP contribution in [0.5, 0.6) is 0 Å². The van der Waals surface area contributed by atoms with Crippen molar-refractivity contribution in [2.75, 3.05) is 5.32 Å². The second kappa shape index (κ2) is 5.60. The molecule has 1 aliphatic rings. The zero-order valence-electron chi connectivity index (χ0n) is 13.6. The van der Waals surface area contributed by atoms with Crippen LogP contribution in [0.15, 0.2) is 46.3 Å². The number of amides is 1.